The van der Waals surface area contributed by atoms with Crippen molar-refractivity contribution in [3.63, 3.8) is 0 Å². The van der Waals surface area contributed by atoms with Crippen LogP contribution in [0.3, 0.4) is 0 Å². The molecule has 0 saturated carbocycles. The second-order valence-corrected chi connectivity index (χ2v) is 6.37. The monoisotopic (exact) mass is 357 g/mol. The van der Waals surface area contributed by atoms with Crippen LogP contribution in [0.5, 0.6) is 11.5 Å². The van der Waals surface area contributed by atoms with Crippen LogP contribution in [0, 0.1) is 13.8 Å². The molecule has 134 valence electrons. The average molecular weight is 357 g/mol. The van der Waals surface area contributed by atoms with Crippen LogP contribution in [0.15, 0.2) is 72.9 Å². The predicted molar refractivity (Wildman–Crippen MR) is 106 cm³/mol. The summed E-state index contributed by atoms with van der Waals surface area (Å²) in [6.07, 6.45) is 1.92. The highest BCUT2D eigenvalue weighted by molar-refractivity contribution is 6.04. The minimum Gasteiger partial charge on any atom is -0.457 e. The molecule has 0 unspecified atom stereocenters. The molecule has 0 bridgehead atoms. The van der Waals surface area contributed by atoms with Crippen molar-refractivity contribution in [3.8, 4) is 11.5 Å². The van der Waals surface area contributed by atoms with Crippen molar-refractivity contribution < 1.29 is 9.53 Å². The summed E-state index contributed by atoms with van der Waals surface area (Å²) in [6.45, 7) is 3.83. The van der Waals surface area contributed by atoms with Gasteiger partial charge in [-0.2, -0.15) is 0 Å². The molecular formula is C22H19N3O2. The number of benzene rings is 2. The summed E-state index contributed by atoms with van der Waals surface area (Å²) in [6, 6.07) is 20.8. The molecule has 1 N–H and O–H groups in total. The minimum absolute atomic E-state index is 0.192. The Morgan fingerprint density at radius 2 is 1.63 bits per heavy atom. The molecule has 4 aromatic rings. The van der Waals surface area contributed by atoms with Gasteiger partial charge in [0.25, 0.3) is 5.91 Å². The van der Waals surface area contributed by atoms with Crippen molar-refractivity contribution in [1.82, 2.24) is 9.38 Å². The molecule has 0 aliphatic carbocycles. The summed E-state index contributed by atoms with van der Waals surface area (Å²) in [7, 11) is 0. The molecule has 0 fully saturated rings. The quantitative estimate of drug-likeness (QED) is 0.559. The number of imidazole rings is 1. The van der Waals surface area contributed by atoms with Gasteiger partial charge in [0, 0.05) is 11.9 Å². The first kappa shape index (κ1) is 16.8. The van der Waals surface area contributed by atoms with E-state index in [-0.39, 0.29) is 5.91 Å². The topological polar surface area (TPSA) is 55.6 Å². The molecule has 0 atom stereocenters. The van der Waals surface area contributed by atoms with Gasteiger partial charge in [0.1, 0.15) is 22.8 Å². The fourth-order valence-electron chi connectivity index (χ4n) is 2.96. The molecule has 5 heteroatoms. The Bertz CT molecular complexity index is 1100. The fraction of sp³-hybridized carbons (Fsp3) is 0.0909. The zero-order chi connectivity index (χ0) is 18.8. The Morgan fingerprint density at radius 3 is 2.37 bits per heavy atom. The first-order chi connectivity index (χ1) is 13.1. The van der Waals surface area contributed by atoms with E-state index in [0.29, 0.717) is 22.8 Å². The van der Waals surface area contributed by atoms with Crippen LogP contribution < -0.4 is 10.1 Å². The number of fused-ring (bicyclic) bond motifs is 1. The summed E-state index contributed by atoms with van der Waals surface area (Å²) in [5, 5.41) is 2.93. The van der Waals surface area contributed by atoms with E-state index in [1.165, 1.54) is 0 Å². The third-order valence-electron chi connectivity index (χ3n) is 4.25. The highest BCUT2D eigenvalue weighted by Gasteiger charge is 2.16. The van der Waals surface area contributed by atoms with Gasteiger partial charge in [-0.15, -0.1) is 0 Å². The molecular weight excluding hydrogens is 338 g/mol. The van der Waals surface area contributed by atoms with E-state index >= 15 is 0 Å². The lowest BCUT2D eigenvalue weighted by Gasteiger charge is -2.09. The Labute approximate surface area is 157 Å². The van der Waals surface area contributed by atoms with Crippen molar-refractivity contribution in [2.75, 3.05) is 5.32 Å². The largest absolute Gasteiger partial charge is 0.457 e. The maximum Gasteiger partial charge on any atom is 0.274 e. The molecule has 27 heavy (non-hydrogen) atoms. The van der Waals surface area contributed by atoms with Gasteiger partial charge in [-0.25, -0.2) is 4.98 Å². The third-order valence-corrected chi connectivity index (χ3v) is 4.25. The number of carbonyl (C=O) groups excluding carboxylic acids is 1. The third kappa shape index (κ3) is 3.53. The Hall–Kier alpha value is -3.60. The number of para-hydroxylation sites is 1. The fourth-order valence-corrected chi connectivity index (χ4v) is 2.96. The second-order valence-electron chi connectivity index (χ2n) is 6.37. The van der Waals surface area contributed by atoms with E-state index in [1.54, 1.807) is 0 Å². The van der Waals surface area contributed by atoms with Gasteiger partial charge in [0.15, 0.2) is 0 Å². The van der Waals surface area contributed by atoms with Crippen molar-refractivity contribution in [3.05, 3.63) is 89.9 Å². The van der Waals surface area contributed by atoms with Crippen LogP contribution in [0.25, 0.3) is 5.65 Å². The maximum atomic E-state index is 12.8. The normalized spacial score (nSPS) is 10.7. The SMILES string of the molecule is Cc1ccc2nc(C)c(C(=O)Nc3ccc(Oc4ccccc4)cc3)n2c1. The van der Waals surface area contributed by atoms with Crippen LogP contribution in [0.2, 0.25) is 0 Å². The van der Waals surface area contributed by atoms with Crippen LogP contribution in [-0.2, 0) is 0 Å². The van der Waals surface area contributed by atoms with E-state index in [9.17, 15) is 4.79 Å². The Kier molecular flexibility index (Phi) is 4.34. The summed E-state index contributed by atoms with van der Waals surface area (Å²) in [5.74, 6) is 1.29. The smallest absolute Gasteiger partial charge is 0.274 e. The van der Waals surface area contributed by atoms with Crippen molar-refractivity contribution in [2.45, 2.75) is 13.8 Å². The highest BCUT2D eigenvalue weighted by Crippen LogP contribution is 2.23. The molecule has 2 aromatic heterocycles. The predicted octanol–water partition coefficient (Wildman–Crippen LogP) is 5.00. The molecule has 0 aliphatic rings. The first-order valence-corrected chi connectivity index (χ1v) is 8.70. The van der Waals surface area contributed by atoms with Gasteiger partial charge in [0.05, 0.1) is 5.69 Å². The molecule has 2 aromatic carbocycles. The van der Waals surface area contributed by atoms with Gasteiger partial charge in [-0.1, -0.05) is 24.3 Å². The second kappa shape index (κ2) is 6.96. The first-order valence-electron chi connectivity index (χ1n) is 8.70. The molecule has 0 radical (unpaired) electrons. The summed E-state index contributed by atoms with van der Waals surface area (Å²) < 4.78 is 7.60. The zero-order valence-electron chi connectivity index (χ0n) is 15.1. The maximum absolute atomic E-state index is 12.8. The molecule has 2 heterocycles. The highest BCUT2D eigenvalue weighted by atomic mass is 16.5. The standard InChI is InChI=1S/C22H19N3O2/c1-15-8-13-20-23-16(2)21(25(20)14-15)22(26)24-17-9-11-19(12-10-17)27-18-6-4-3-5-7-18/h3-14H,1-2H3,(H,24,26). The Morgan fingerprint density at radius 1 is 0.926 bits per heavy atom. The summed E-state index contributed by atoms with van der Waals surface area (Å²) in [4.78, 5) is 17.3. The number of carbonyl (C=O) groups is 1. The Balaban J connectivity index is 1.53. The molecule has 1 amide bonds. The number of hydrogen-bond acceptors (Lipinski definition) is 3. The van der Waals surface area contributed by atoms with Crippen LogP contribution in [0.1, 0.15) is 21.7 Å². The van der Waals surface area contributed by atoms with Crippen LogP contribution in [0.4, 0.5) is 5.69 Å². The minimum atomic E-state index is -0.192. The van der Waals surface area contributed by atoms with Crippen molar-refractivity contribution >= 4 is 17.2 Å². The summed E-state index contributed by atoms with van der Waals surface area (Å²) in [5.41, 5.74) is 3.76. The average Bonchev–Trinajstić information content (AvgIpc) is 2.99. The molecule has 4 rings (SSSR count). The van der Waals surface area contributed by atoms with Crippen LogP contribution in [-0.4, -0.2) is 15.3 Å². The number of aromatic nitrogens is 2. The number of aryl methyl sites for hydroxylation is 2. The van der Waals surface area contributed by atoms with Crippen molar-refractivity contribution in [1.29, 1.82) is 0 Å². The van der Waals surface area contributed by atoms with Gasteiger partial charge in [-0.3, -0.25) is 9.20 Å². The lowest BCUT2D eigenvalue weighted by molar-refractivity contribution is 0.102. The van der Waals surface area contributed by atoms with Gasteiger partial charge in [-0.05, 0) is 61.9 Å². The van der Waals surface area contributed by atoms with Gasteiger partial charge < -0.3 is 10.1 Å². The number of pyridine rings is 1. The van der Waals surface area contributed by atoms with E-state index in [1.807, 2.05) is 91.2 Å². The van der Waals surface area contributed by atoms with E-state index < -0.39 is 0 Å². The number of nitrogens with zero attached hydrogens (tertiary/aromatic N) is 2. The van der Waals surface area contributed by atoms with E-state index in [2.05, 4.69) is 10.3 Å². The lowest BCUT2D eigenvalue weighted by atomic mass is 10.2. The lowest BCUT2D eigenvalue weighted by Crippen LogP contribution is -2.15. The zero-order valence-corrected chi connectivity index (χ0v) is 15.1. The molecule has 0 saturated heterocycles. The van der Waals surface area contributed by atoms with E-state index in [0.717, 1.165) is 17.0 Å². The number of nitrogens with one attached hydrogen (secondary N) is 1. The number of hydrogen-bond donors (Lipinski definition) is 1. The number of rotatable bonds is 4. The summed E-state index contributed by atoms with van der Waals surface area (Å²) >= 11 is 0. The number of anilines is 1. The van der Waals surface area contributed by atoms with E-state index in [4.69, 9.17) is 4.74 Å². The molecule has 5 nitrogen and oxygen atoms in total. The number of ether oxygens (including phenoxy) is 1. The van der Waals surface area contributed by atoms with Gasteiger partial charge >= 0.3 is 0 Å². The molecule has 0 spiro atoms. The number of amides is 1. The van der Waals surface area contributed by atoms with Gasteiger partial charge in [0.2, 0.25) is 0 Å². The van der Waals surface area contributed by atoms with Crippen LogP contribution >= 0.6 is 0 Å². The molecule has 0 aliphatic heterocycles. The van der Waals surface area contributed by atoms with Crippen molar-refractivity contribution in [2.24, 2.45) is 0 Å².